The van der Waals surface area contributed by atoms with Crippen LogP contribution in [0.15, 0.2) is 59.9 Å². The predicted octanol–water partition coefficient (Wildman–Crippen LogP) is 4.43. The summed E-state index contributed by atoms with van der Waals surface area (Å²) in [5, 5.41) is 10.6. The van der Waals surface area contributed by atoms with Crippen LogP contribution in [0, 0.1) is 19.8 Å². The summed E-state index contributed by atoms with van der Waals surface area (Å²) in [6, 6.07) is 14.5. The predicted molar refractivity (Wildman–Crippen MR) is 102 cm³/mol. The van der Waals surface area contributed by atoms with Gasteiger partial charge >= 0.3 is 0 Å². The van der Waals surface area contributed by atoms with E-state index in [9.17, 15) is 14.7 Å². The molecule has 0 radical (unpaired) electrons. The van der Waals surface area contributed by atoms with Gasteiger partial charge in [0.05, 0.1) is 11.6 Å². The van der Waals surface area contributed by atoms with Gasteiger partial charge in [-0.2, -0.15) is 0 Å². The molecule has 0 spiro atoms. The Labute approximate surface area is 153 Å². The average molecular weight is 349 g/mol. The van der Waals surface area contributed by atoms with Gasteiger partial charge < -0.3 is 5.11 Å². The summed E-state index contributed by atoms with van der Waals surface area (Å²) in [5.74, 6) is -1.50. The normalized spacial score (nSPS) is 17.3. The van der Waals surface area contributed by atoms with Crippen molar-refractivity contribution in [3.05, 3.63) is 76.6 Å². The first-order valence-electron chi connectivity index (χ1n) is 8.76. The van der Waals surface area contributed by atoms with Crippen LogP contribution < -0.4 is 4.90 Å². The number of nitrogens with zero attached hydrogens (tertiary/aromatic N) is 1. The lowest BCUT2D eigenvalue weighted by atomic mass is 9.89. The highest BCUT2D eigenvalue weighted by Gasteiger charge is 2.45. The summed E-state index contributed by atoms with van der Waals surface area (Å²) in [4.78, 5) is 27.4. The lowest BCUT2D eigenvalue weighted by molar-refractivity contribution is -0.119. The summed E-state index contributed by atoms with van der Waals surface area (Å²) in [5.41, 5.74) is 3.60. The van der Waals surface area contributed by atoms with Gasteiger partial charge in [0, 0.05) is 11.6 Å². The van der Waals surface area contributed by atoms with E-state index in [-0.39, 0.29) is 17.3 Å². The molecule has 1 N–H and O–H groups in total. The van der Waals surface area contributed by atoms with Crippen molar-refractivity contribution < 1.29 is 14.7 Å². The number of hydrogen-bond donors (Lipinski definition) is 1. The maximum absolute atomic E-state index is 13.0. The highest BCUT2D eigenvalue weighted by Crippen LogP contribution is 2.43. The van der Waals surface area contributed by atoms with Crippen LogP contribution in [0.2, 0.25) is 0 Å². The molecule has 1 heterocycles. The number of hydrogen-bond acceptors (Lipinski definition) is 3. The summed E-state index contributed by atoms with van der Waals surface area (Å²) >= 11 is 0. The molecule has 26 heavy (non-hydrogen) atoms. The van der Waals surface area contributed by atoms with Crippen LogP contribution in [0.4, 0.5) is 5.69 Å². The number of para-hydroxylation sites is 1. The van der Waals surface area contributed by atoms with Crippen LogP contribution >= 0.6 is 0 Å². The van der Waals surface area contributed by atoms with E-state index in [1.54, 1.807) is 18.7 Å². The average Bonchev–Trinajstić information content (AvgIpc) is 2.86. The van der Waals surface area contributed by atoms with Crippen molar-refractivity contribution in [3.63, 3.8) is 0 Å². The summed E-state index contributed by atoms with van der Waals surface area (Å²) < 4.78 is 0. The Morgan fingerprint density at radius 1 is 1.00 bits per heavy atom. The number of amides is 1. The topological polar surface area (TPSA) is 57.6 Å². The number of aliphatic hydroxyl groups excluding tert-OH is 1. The molecule has 1 aliphatic rings. The lowest BCUT2D eigenvalue weighted by Crippen LogP contribution is -2.32. The van der Waals surface area contributed by atoms with Crippen molar-refractivity contribution in [2.24, 2.45) is 5.92 Å². The second-order valence-corrected chi connectivity index (χ2v) is 7.00. The fourth-order valence-corrected chi connectivity index (χ4v) is 3.44. The SMILES string of the molecule is Cc1ccccc1C1C(C(=O)C(C)C)=C(O)C(=O)N1c1ccccc1C. The molecule has 1 atom stereocenters. The maximum Gasteiger partial charge on any atom is 0.294 e. The van der Waals surface area contributed by atoms with Gasteiger partial charge in [-0.3, -0.25) is 14.5 Å². The van der Waals surface area contributed by atoms with Crippen LogP contribution in [0.25, 0.3) is 0 Å². The highest BCUT2D eigenvalue weighted by molar-refractivity contribution is 6.17. The largest absolute Gasteiger partial charge is 0.503 e. The van der Waals surface area contributed by atoms with Crippen LogP contribution in [0.3, 0.4) is 0 Å². The van der Waals surface area contributed by atoms with E-state index in [4.69, 9.17) is 0 Å². The van der Waals surface area contributed by atoms with Crippen LogP contribution in [0.1, 0.15) is 36.6 Å². The Bertz CT molecular complexity index is 911. The van der Waals surface area contributed by atoms with Gasteiger partial charge in [-0.25, -0.2) is 0 Å². The zero-order valence-electron chi connectivity index (χ0n) is 15.5. The first-order valence-corrected chi connectivity index (χ1v) is 8.76. The van der Waals surface area contributed by atoms with Crippen molar-refractivity contribution in [2.75, 3.05) is 4.90 Å². The van der Waals surface area contributed by atoms with Crippen LogP contribution in [-0.2, 0) is 9.59 Å². The number of Topliss-reactive ketones (excluding diaryl/α,β-unsaturated/α-hetero) is 1. The van der Waals surface area contributed by atoms with Gasteiger partial charge in [0.15, 0.2) is 11.5 Å². The molecular formula is C22H23NO3. The van der Waals surface area contributed by atoms with E-state index in [2.05, 4.69) is 0 Å². The Morgan fingerprint density at radius 2 is 1.58 bits per heavy atom. The molecule has 1 amide bonds. The number of carbonyl (C=O) groups excluding carboxylic acids is 2. The molecule has 0 fully saturated rings. The number of ketones is 1. The van der Waals surface area contributed by atoms with Gasteiger partial charge in [0.1, 0.15) is 0 Å². The van der Waals surface area contributed by atoms with E-state index < -0.39 is 17.7 Å². The Hall–Kier alpha value is -2.88. The number of aryl methyl sites for hydroxylation is 2. The molecule has 4 heteroatoms. The quantitative estimate of drug-likeness (QED) is 0.888. The summed E-state index contributed by atoms with van der Waals surface area (Å²) in [7, 11) is 0. The molecule has 1 unspecified atom stereocenters. The summed E-state index contributed by atoms with van der Waals surface area (Å²) in [6.07, 6.45) is 0. The van der Waals surface area contributed by atoms with E-state index in [0.717, 1.165) is 16.7 Å². The van der Waals surface area contributed by atoms with E-state index in [1.165, 1.54) is 0 Å². The van der Waals surface area contributed by atoms with Crippen molar-refractivity contribution >= 4 is 17.4 Å². The molecule has 2 aromatic carbocycles. The Morgan fingerprint density at radius 3 is 2.15 bits per heavy atom. The first kappa shape index (κ1) is 17.9. The van der Waals surface area contributed by atoms with E-state index in [0.29, 0.717) is 5.69 Å². The molecule has 0 aromatic heterocycles. The van der Waals surface area contributed by atoms with Gasteiger partial charge in [-0.15, -0.1) is 0 Å². The van der Waals surface area contributed by atoms with Gasteiger partial charge in [-0.1, -0.05) is 56.3 Å². The molecule has 134 valence electrons. The highest BCUT2D eigenvalue weighted by atomic mass is 16.3. The van der Waals surface area contributed by atoms with Crippen molar-refractivity contribution in [3.8, 4) is 0 Å². The minimum Gasteiger partial charge on any atom is -0.503 e. The fourth-order valence-electron chi connectivity index (χ4n) is 3.44. The smallest absolute Gasteiger partial charge is 0.294 e. The molecule has 2 aromatic rings. The molecule has 4 nitrogen and oxygen atoms in total. The number of carbonyl (C=O) groups is 2. The molecule has 0 aliphatic carbocycles. The third-order valence-corrected chi connectivity index (χ3v) is 4.86. The van der Waals surface area contributed by atoms with Crippen molar-refractivity contribution in [1.82, 2.24) is 0 Å². The number of aliphatic hydroxyl groups is 1. The standard InChI is InChI=1S/C22H23NO3/c1-13(2)20(24)18-19(16-11-7-5-9-14(16)3)23(22(26)21(18)25)17-12-8-6-10-15(17)4/h5-13,19,25H,1-4H3. The lowest BCUT2D eigenvalue weighted by Gasteiger charge is -2.29. The van der Waals surface area contributed by atoms with Crippen molar-refractivity contribution in [1.29, 1.82) is 0 Å². The molecule has 1 aliphatic heterocycles. The van der Waals surface area contributed by atoms with Crippen molar-refractivity contribution in [2.45, 2.75) is 33.7 Å². The minimum absolute atomic E-state index is 0.183. The first-order chi connectivity index (χ1) is 12.3. The fraction of sp³-hybridized carbons (Fsp3) is 0.273. The maximum atomic E-state index is 13.0. The van der Waals surface area contributed by atoms with Crippen LogP contribution in [0.5, 0.6) is 0 Å². The molecule has 3 rings (SSSR count). The second-order valence-electron chi connectivity index (χ2n) is 7.00. The molecule has 0 bridgehead atoms. The Kier molecular flexibility index (Phi) is 4.68. The van der Waals surface area contributed by atoms with E-state index in [1.807, 2.05) is 62.4 Å². The zero-order chi connectivity index (χ0) is 19.0. The molecular weight excluding hydrogens is 326 g/mol. The monoisotopic (exact) mass is 349 g/mol. The minimum atomic E-state index is -0.625. The second kappa shape index (κ2) is 6.79. The van der Waals surface area contributed by atoms with Crippen LogP contribution in [-0.4, -0.2) is 16.8 Å². The molecule has 0 saturated carbocycles. The Balaban J connectivity index is 2.26. The number of rotatable bonds is 4. The molecule has 0 saturated heterocycles. The third kappa shape index (κ3) is 2.81. The van der Waals surface area contributed by atoms with E-state index >= 15 is 0 Å². The third-order valence-electron chi connectivity index (χ3n) is 4.86. The number of anilines is 1. The van der Waals surface area contributed by atoms with Gasteiger partial charge in [0.25, 0.3) is 5.91 Å². The number of benzene rings is 2. The zero-order valence-corrected chi connectivity index (χ0v) is 15.5. The van der Waals surface area contributed by atoms with Gasteiger partial charge in [0.2, 0.25) is 0 Å². The van der Waals surface area contributed by atoms with Gasteiger partial charge in [-0.05, 0) is 36.6 Å². The summed E-state index contributed by atoms with van der Waals surface area (Å²) in [6.45, 7) is 7.41.